The Bertz CT molecular complexity index is 992. The summed E-state index contributed by atoms with van der Waals surface area (Å²) >= 11 is 0. The molecule has 1 aromatic heterocycles. The molecule has 2 amide bonds. The van der Waals surface area contributed by atoms with Gasteiger partial charge >= 0.3 is 0 Å². The zero-order valence-corrected chi connectivity index (χ0v) is 17.7. The van der Waals surface area contributed by atoms with Gasteiger partial charge in [0.1, 0.15) is 0 Å². The molecule has 6 nitrogen and oxygen atoms in total. The molecule has 1 aliphatic rings. The van der Waals surface area contributed by atoms with Crippen LogP contribution >= 0.6 is 0 Å². The molecule has 2 aromatic carbocycles. The number of piperazine rings is 1. The molecule has 4 rings (SSSR count). The fraction of sp³-hybridized carbons (Fsp3) is 0.280. The SMILES string of the molecule is C[C@H](NC(=O)CN1CCN(C(=O)c2ccco2)CC1)c1ccc(-c2ccccc2)cc1. The lowest BCUT2D eigenvalue weighted by Gasteiger charge is -2.34. The van der Waals surface area contributed by atoms with Gasteiger partial charge in [-0.15, -0.1) is 0 Å². The predicted octanol–water partition coefficient (Wildman–Crippen LogP) is 3.58. The third kappa shape index (κ3) is 5.22. The average molecular weight is 418 g/mol. The van der Waals surface area contributed by atoms with Gasteiger partial charge in [-0.3, -0.25) is 14.5 Å². The number of nitrogens with one attached hydrogen (secondary N) is 1. The molecule has 0 bridgehead atoms. The maximum atomic E-state index is 12.5. The maximum Gasteiger partial charge on any atom is 0.289 e. The molecule has 0 aliphatic carbocycles. The summed E-state index contributed by atoms with van der Waals surface area (Å²) in [5.41, 5.74) is 3.40. The number of hydrogen-bond acceptors (Lipinski definition) is 4. The van der Waals surface area contributed by atoms with Crippen LogP contribution in [-0.2, 0) is 4.79 Å². The van der Waals surface area contributed by atoms with Crippen LogP contribution in [0.2, 0.25) is 0 Å². The van der Waals surface area contributed by atoms with Crippen molar-refractivity contribution >= 4 is 11.8 Å². The summed E-state index contributed by atoms with van der Waals surface area (Å²) in [4.78, 5) is 28.7. The molecule has 0 unspecified atom stereocenters. The fourth-order valence-electron chi connectivity index (χ4n) is 3.83. The molecule has 0 spiro atoms. The van der Waals surface area contributed by atoms with Crippen molar-refractivity contribution in [2.24, 2.45) is 0 Å². The van der Waals surface area contributed by atoms with E-state index in [0.717, 1.165) is 11.1 Å². The quantitative estimate of drug-likeness (QED) is 0.666. The minimum Gasteiger partial charge on any atom is -0.459 e. The van der Waals surface area contributed by atoms with E-state index in [1.54, 1.807) is 17.0 Å². The second kappa shape index (κ2) is 9.62. The van der Waals surface area contributed by atoms with Crippen LogP contribution in [0.25, 0.3) is 11.1 Å². The molecule has 2 heterocycles. The van der Waals surface area contributed by atoms with Crippen LogP contribution < -0.4 is 5.32 Å². The molecule has 1 atom stereocenters. The minimum atomic E-state index is -0.0957. The van der Waals surface area contributed by atoms with Crippen LogP contribution in [0.5, 0.6) is 0 Å². The highest BCUT2D eigenvalue weighted by Gasteiger charge is 2.24. The molecule has 0 radical (unpaired) electrons. The summed E-state index contributed by atoms with van der Waals surface area (Å²) in [6.07, 6.45) is 1.50. The van der Waals surface area contributed by atoms with Crippen molar-refractivity contribution in [3.63, 3.8) is 0 Å². The normalized spacial score (nSPS) is 15.5. The smallest absolute Gasteiger partial charge is 0.289 e. The van der Waals surface area contributed by atoms with E-state index in [4.69, 9.17) is 4.42 Å². The van der Waals surface area contributed by atoms with Crippen molar-refractivity contribution in [2.45, 2.75) is 13.0 Å². The Morgan fingerprint density at radius 2 is 1.58 bits per heavy atom. The molecule has 1 saturated heterocycles. The van der Waals surface area contributed by atoms with E-state index in [2.05, 4.69) is 46.6 Å². The topological polar surface area (TPSA) is 65.8 Å². The van der Waals surface area contributed by atoms with Gasteiger partial charge in [-0.25, -0.2) is 0 Å². The standard InChI is InChI=1S/C25H27N3O3/c1-19(20-9-11-22(12-10-20)21-6-3-2-4-7-21)26-24(29)18-27-13-15-28(16-14-27)25(30)23-8-5-17-31-23/h2-12,17,19H,13-16,18H2,1H3,(H,26,29)/t19-/m0/s1. The molecular weight excluding hydrogens is 390 g/mol. The van der Waals surface area contributed by atoms with Crippen molar-refractivity contribution < 1.29 is 14.0 Å². The van der Waals surface area contributed by atoms with Gasteiger partial charge < -0.3 is 14.6 Å². The number of carbonyl (C=O) groups is 2. The van der Waals surface area contributed by atoms with Crippen molar-refractivity contribution in [1.82, 2.24) is 15.1 Å². The Balaban J connectivity index is 1.25. The summed E-state index contributed by atoms with van der Waals surface area (Å²) in [7, 11) is 0. The Morgan fingerprint density at radius 3 is 2.23 bits per heavy atom. The molecule has 160 valence electrons. The molecule has 3 aromatic rings. The van der Waals surface area contributed by atoms with Gasteiger partial charge in [-0.05, 0) is 35.7 Å². The van der Waals surface area contributed by atoms with E-state index in [-0.39, 0.29) is 17.9 Å². The summed E-state index contributed by atoms with van der Waals surface area (Å²) in [6.45, 7) is 4.83. The fourth-order valence-corrected chi connectivity index (χ4v) is 3.83. The highest BCUT2D eigenvalue weighted by Crippen LogP contribution is 2.21. The van der Waals surface area contributed by atoms with Crippen molar-refractivity contribution in [1.29, 1.82) is 0 Å². The maximum absolute atomic E-state index is 12.5. The van der Waals surface area contributed by atoms with E-state index in [9.17, 15) is 9.59 Å². The van der Waals surface area contributed by atoms with Gasteiger partial charge in [-0.2, -0.15) is 0 Å². The number of amides is 2. The molecule has 1 aliphatic heterocycles. The lowest BCUT2D eigenvalue weighted by Crippen LogP contribution is -2.51. The molecular formula is C25H27N3O3. The third-order valence-electron chi connectivity index (χ3n) is 5.65. The summed E-state index contributed by atoms with van der Waals surface area (Å²) in [5, 5.41) is 3.08. The van der Waals surface area contributed by atoms with E-state index in [1.807, 2.05) is 25.1 Å². The Hall–Kier alpha value is -3.38. The number of hydrogen-bond donors (Lipinski definition) is 1. The zero-order chi connectivity index (χ0) is 21.6. The van der Waals surface area contributed by atoms with E-state index >= 15 is 0 Å². The molecule has 0 saturated carbocycles. The Labute approximate surface area is 182 Å². The first-order chi connectivity index (χ1) is 15.1. The van der Waals surface area contributed by atoms with Crippen molar-refractivity contribution in [2.75, 3.05) is 32.7 Å². The molecule has 6 heteroatoms. The highest BCUT2D eigenvalue weighted by molar-refractivity contribution is 5.91. The van der Waals surface area contributed by atoms with E-state index < -0.39 is 0 Å². The molecule has 1 N–H and O–H groups in total. The van der Waals surface area contributed by atoms with Crippen LogP contribution in [0.4, 0.5) is 0 Å². The second-order valence-corrected chi connectivity index (χ2v) is 7.82. The second-order valence-electron chi connectivity index (χ2n) is 7.82. The highest BCUT2D eigenvalue weighted by atomic mass is 16.3. The summed E-state index contributed by atoms with van der Waals surface area (Å²) in [5.74, 6) is 0.255. The number of carbonyl (C=O) groups excluding carboxylic acids is 2. The van der Waals surface area contributed by atoms with Gasteiger partial charge in [0, 0.05) is 26.2 Å². The van der Waals surface area contributed by atoms with Crippen LogP contribution in [0.1, 0.15) is 29.1 Å². The summed E-state index contributed by atoms with van der Waals surface area (Å²) in [6, 6.07) is 21.8. The first kappa shape index (κ1) is 20.9. The van der Waals surface area contributed by atoms with Crippen LogP contribution in [0.3, 0.4) is 0 Å². The van der Waals surface area contributed by atoms with Gasteiger partial charge in [0.2, 0.25) is 5.91 Å². The third-order valence-corrected chi connectivity index (χ3v) is 5.65. The largest absolute Gasteiger partial charge is 0.459 e. The van der Waals surface area contributed by atoms with Gasteiger partial charge in [-0.1, -0.05) is 54.6 Å². The molecule has 1 fully saturated rings. The van der Waals surface area contributed by atoms with Gasteiger partial charge in [0.25, 0.3) is 5.91 Å². The van der Waals surface area contributed by atoms with Crippen LogP contribution in [0, 0.1) is 0 Å². The van der Waals surface area contributed by atoms with Crippen molar-refractivity contribution in [3.05, 3.63) is 84.3 Å². The Morgan fingerprint density at radius 1 is 0.903 bits per heavy atom. The van der Waals surface area contributed by atoms with Gasteiger partial charge in [0.15, 0.2) is 5.76 Å². The first-order valence-corrected chi connectivity index (χ1v) is 10.6. The lowest BCUT2D eigenvalue weighted by atomic mass is 10.0. The minimum absolute atomic E-state index is 0.00885. The number of rotatable bonds is 6. The molecule has 31 heavy (non-hydrogen) atoms. The lowest BCUT2D eigenvalue weighted by molar-refractivity contribution is -0.123. The van der Waals surface area contributed by atoms with Crippen LogP contribution in [0.15, 0.2) is 77.4 Å². The zero-order valence-electron chi connectivity index (χ0n) is 17.7. The van der Waals surface area contributed by atoms with Gasteiger partial charge in [0.05, 0.1) is 18.8 Å². The average Bonchev–Trinajstić information content (AvgIpc) is 3.35. The van der Waals surface area contributed by atoms with Crippen LogP contribution in [-0.4, -0.2) is 54.3 Å². The number of nitrogens with zero attached hydrogens (tertiary/aromatic N) is 2. The summed E-state index contributed by atoms with van der Waals surface area (Å²) < 4.78 is 5.19. The monoisotopic (exact) mass is 417 g/mol. The Kier molecular flexibility index (Phi) is 6.48. The predicted molar refractivity (Wildman–Crippen MR) is 119 cm³/mol. The van der Waals surface area contributed by atoms with Crippen molar-refractivity contribution in [3.8, 4) is 11.1 Å². The number of benzene rings is 2. The van der Waals surface area contributed by atoms with E-state index in [1.165, 1.54) is 11.8 Å². The first-order valence-electron chi connectivity index (χ1n) is 10.6. The number of furan rings is 1. The van der Waals surface area contributed by atoms with E-state index in [0.29, 0.717) is 38.5 Å².